The Morgan fingerprint density at radius 3 is 1.33 bits per heavy atom. The Morgan fingerprint density at radius 2 is 1.22 bits per heavy atom. The fourth-order valence-corrected chi connectivity index (χ4v) is 1.03. The van der Waals surface area contributed by atoms with Crippen LogP contribution in [0.3, 0.4) is 0 Å². The molecule has 0 saturated heterocycles. The largest absolute Gasteiger partial charge is 0.313 e. The van der Waals surface area contributed by atoms with Gasteiger partial charge >= 0.3 is 0 Å². The summed E-state index contributed by atoms with van der Waals surface area (Å²) in [6.07, 6.45) is 4.44. The Balaban J connectivity index is 0. The van der Waals surface area contributed by atoms with Gasteiger partial charge in [-0.25, -0.2) is 0 Å². The molecule has 0 spiro atoms. The van der Waals surface area contributed by atoms with Crippen molar-refractivity contribution in [3.05, 3.63) is 0 Å². The van der Waals surface area contributed by atoms with Crippen molar-refractivity contribution >= 4 is 24.8 Å². The molecule has 0 atom stereocenters. The molecule has 0 heterocycles. The first-order chi connectivity index (χ1) is 3.21. The maximum Gasteiger partial charge on any atom is 0.0636 e. The second kappa shape index (κ2) is 4.34. The molecule has 4 N–H and O–H groups in total. The van der Waals surface area contributed by atoms with Gasteiger partial charge in [-0.2, -0.15) is 0 Å². The van der Waals surface area contributed by atoms with Gasteiger partial charge in [0.05, 0.1) is 5.66 Å². The third-order valence-corrected chi connectivity index (χ3v) is 1.53. The summed E-state index contributed by atoms with van der Waals surface area (Å²) in [5, 5.41) is 0. The number of rotatable bonds is 0. The normalized spacial score (nSPS) is 22.0. The highest BCUT2D eigenvalue weighted by atomic mass is 35.5. The lowest BCUT2D eigenvalue weighted by Crippen LogP contribution is -2.46. The van der Waals surface area contributed by atoms with Crippen molar-refractivity contribution in [2.45, 2.75) is 31.3 Å². The minimum absolute atomic E-state index is 0. The van der Waals surface area contributed by atoms with E-state index in [0.29, 0.717) is 0 Å². The standard InChI is InChI=1S/C5H12N2.2ClH/c6-5(7)3-1-2-4-5;;/h1-4,6-7H2;2*1H. The third-order valence-electron chi connectivity index (χ3n) is 1.53. The highest BCUT2D eigenvalue weighted by Gasteiger charge is 2.23. The molecule has 9 heavy (non-hydrogen) atoms. The van der Waals surface area contributed by atoms with Crippen LogP contribution in [0.25, 0.3) is 0 Å². The highest BCUT2D eigenvalue weighted by Crippen LogP contribution is 2.21. The summed E-state index contributed by atoms with van der Waals surface area (Å²) in [6.45, 7) is 0. The van der Waals surface area contributed by atoms with E-state index in [-0.39, 0.29) is 30.5 Å². The molecular formula is C5H14Cl2N2. The van der Waals surface area contributed by atoms with Crippen LogP contribution in [0.4, 0.5) is 0 Å². The van der Waals surface area contributed by atoms with E-state index >= 15 is 0 Å². The molecule has 0 aromatic heterocycles. The number of hydrogen-bond acceptors (Lipinski definition) is 2. The molecule has 0 aliphatic heterocycles. The van der Waals surface area contributed by atoms with Gasteiger partial charge < -0.3 is 11.5 Å². The molecular weight excluding hydrogens is 159 g/mol. The molecule has 0 unspecified atom stereocenters. The number of hydrogen-bond donors (Lipinski definition) is 2. The summed E-state index contributed by atoms with van der Waals surface area (Å²) in [6, 6.07) is 0. The molecule has 2 nitrogen and oxygen atoms in total. The van der Waals surface area contributed by atoms with Crippen LogP contribution in [0, 0.1) is 0 Å². The maximum absolute atomic E-state index is 5.56. The second-order valence-electron chi connectivity index (χ2n) is 2.44. The minimum Gasteiger partial charge on any atom is -0.313 e. The quantitative estimate of drug-likeness (QED) is 0.537. The van der Waals surface area contributed by atoms with Crippen LogP contribution in [-0.2, 0) is 0 Å². The SMILES string of the molecule is Cl.Cl.NC1(N)CCCC1. The first-order valence-electron chi connectivity index (χ1n) is 2.78. The average Bonchev–Trinajstić information content (AvgIpc) is 1.84. The van der Waals surface area contributed by atoms with Gasteiger partial charge in [-0.05, 0) is 12.8 Å². The van der Waals surface area contributed by atoms with E-state index in [0.717, 1.165) is 12.8 Å². The molecule has 0 amide bonds. The predicted molar refractivity (Wildman–Crippen MR) is 44.1 cm³/mol. The van der Waals surface area contributed by atoms with Gasteiger partial charge in [0.2, 0.25) is 0 Å². The molecule has 0 aromatic carbocycles. The zero-order valence-corrected chi connectivity index (χ0v) is 6.93. The first kappa shape index (κ1) is 12.2. The first-order valence-corrected chi connectivity index (χ1v) is 2.78. The van der Waals surface area contributed by atoms with Gasteiger partial charge in [0.25, 0.3) is 0 Å². The Bertz CT molecular complexity index is 67.4. The topological polar surface area (TPSA) is 52.0 Å². The van der Waals surface area contributed by atoms with Crippen molar-refractivity contribution in [1.29, 1.82) is 0 Å². The molecule has 0 aromatic rings. The minimum atomic E-state index is -0.306. The zero-order chi connectivity index (χ0) is 5.33. The van der Waals surface area contributed by atoms with Gasteiger partial charge in [-0.3, -0.25) is 0 Å². The smallest absolute Gasteiger partial charge is 0.0636 e. The van der Waals surface area contributed by atoms with Gasteiger partial charge in [-0.15, -0.1) is 24.8 Å². The molecule has 1 fully saturated rings. The van der Waals surface area contributed by atoms with E-state index in [4.69, 9.17) is 11.5 Å². The summed E-state index contributed by atoms with van der Waals surface area (Å²) < 4.78 is 0. The Kier molecular flexibility index (Phi) is 5.88. The van der Waals surface area contributed by atoms with E-state index < -0.39 is 0 Å². The number of halogens is 2. The van der Waals surface area contributed by atoms with Crippen molar-refractivity contribution in [2.24, 2.45) is 11.5 Å². The van der Waals surface area contributed by atoms with Gasteiger partial charge in [0.1, 0.15) is 0 Å². The van der Waals surface area contributed by atoms with Crippen molar-refractivity contribution in [3.8, 4) is 0 Å². The summed E-state index contributed by atoms with van der Waals surface area (Å²) in [5.74, 6) is 0. The predicted octanol–water partition coefficient (Wildman–Crippen LogP) is 1.02. The van der Waals surface area contributed by atoms with Crippen molar-refractivity contribution in [3.63, 3.8) is 0 Å². The van der Waals surface area contributed by atoms with Gasteiger partial charge in [0, 0.05) is 0 Å². The van der Waals surface area contributed by atoms with Crippen LogP contribution in [0.5, 0.6) is 0 Å². The molecule has 1 aliphatic carbocycles. The van der Waals surface area contributed by atoms with E-state index in [1.165, 1.54) is 12.8 Å². The molecule has 0 bridgehead atoms. The molecule has 58 valence electrons. The molecule has 1 saturated carbocycles. The highest BCUT2D eigenvalue weighted by molar-refractivity contribution is 5.85. The van der Waals surface area contributed by atoms with E-state index in [1.54, 1.807) is 0 Å². The molecule has 0 radical (unpaired) electrons. The van der Waals surface area contributed by atoms with Crippen molar-refractivity contribution < 1.29 is 0 Å². The van der Waals surface area contributed by atoms with Gasteiger partial charge in [0.15, 0.2) is 0 Å². The third kappa shape index (κ3) is 3.98. The van der Waals surface area contributed by atoms with E-state index in [1.807, 2.05) is 0 Å². The zero-order valence-electron chi connectivity index (χ0n) is 5.30. The fraction of sp³-hybridized carbons (Fsp3) is 1.00. The lowest BCUT2D eigenvalue weighted by molar-refractivity contribution is 0.459. The molecule has 1 aliphatic rings. The Labute approximate surface area is 68.2 Å². The van der Waals surface area contributed by atoms with Crippen LogP contribution >= 0.6 is 24.8 Å². The fourth-order valence-electron chi connectivity index (χ4n) is 1.03. The number of nitrogens with two attached hydrogens (primary N) is 2. The molecule has 4 heteroatoms. The summed E-state index contributed by atoms with van der Waals surface area (Å²) in [5.41, 5.74) is 10.8. The molecule has 1 rings (SSSR count). The van der Waals surface area contributed by atoms with Crippen molar-refractivity contribution in [1.82, 2.24) is 0 Å². The lowest BCUT2D eigenvalue weighted by atomic mass is 10.2. The van der Waals surface area contributed by atoms with Crippen LogP contribution in [0.1, 0.15) is 25.7 Å². The van der Waals surface area contributed by atoms with Crippen LogP contribution in [0.15, 0.2) is 0 Å². The van der Waals surface area contributed by atoms with Crippen LogP contribution in [-0.4, -0.2) is 5.66 Å². The summed E-state index contributed by atoms with van der Waals surface area (Å²) in [4.78, 5) is 0. The Hall–Kier alpha value is 0.500. The van der Waals surface area contributed by atoms with Crippen LogP contribution < -0.4 is 11.5 Å². The monoisotopic (exact) mass is 172 g/mol. The van der Waals surface area contributed by atoms with Gasteiger partial charge in [-0.1, -0.05) is 12.8 Å². The van der Waals surface area contributed by atoms with E-state index in [2.05, 4.69) is 0 Å². The Morgan fingerprint density at radius 1 is 0.889 bits per heavy atom. The lowest BCUT2D eigenvalue weighted by Gasteiger charge is -2.14. The van der Waals surface area contributed by atoms with Crippen LogP contribution in [0.2, 0.25) is 0 Å². The van der Waals surface area contributed by atoms with Crippen molar-refractivity contribution in [2.75, 3.05) is 0 Å². The summed E-state index contributed by atoms with van der Waals surface area (Å²) in [7, 11) is 0. The second-order valence-corrected chi connectivity index (χ2v) is 2.44. The summed E-state index contributed by atoms with van der Waals surface area (Å²) >= 11 is 0. The average molecular weight is 173 g/mol. The van der Waals surface area contributed by atoms with E-state index in [9.17, 15) is 0 Å². The maximum atomic E-state index is 5.56.